The van der Waals surface area contributed by atoms with Gasteiger partial charge in [0.1, 0.15) is 22.9 Å². The van der Waals surface area contributed by atoms with Gasteiger partial charge in [0.2, 0.25) is 0 Å². The summed E-state index contributed by atoms with van der Waals surface area (Å²) in [7, 11) is 3.03. The van der Waals surface area contributed by atoms with Crippen LogP contribution in [-0.4, -0.2) is 36.0 Å². The number of aromatic nitrogens is 2. The number of carbonyl (C=O) groups is 2. The Morgan fingerprint density at radius 1 is 0.966 bits per heavy atom. The van der Waals surface area contributed by atoms with E-state index >= 15 is 0 Å². The molecule has 0 radical (unpaired) electrons. The summed E-state index contributed by atoms with van der Waals surface area (Å²) >= 11 is 0. The molecule has 0 unspecified atom stereocenters. The van der Waals surface area contributed by atoms with Crippen LogP contribution < -0.4 is 20.1 Å². The lowest BCUT2D eigenvalue weighted by molar-refractivity contribution is 0.0945. The first-order valence-electron chi connectivity index (χ1n) is 8.78. The third kappa shape index (κ3) is 5.07. The smallest absolute Gasteiger partial charge is 0.274 e. The lowest BCUT2D eigenvalue weighted by Gasteiger charge is -2.12. The minimum Gasteiger partial charge on any atom is -0.497 e. The van der Waals surface area contributed by atoms with E-state index in [2.05, 4.69) is 20.6 Å². The molecule has 2 aromatic heterocycles. The van der Waals surface area contributed by atoms with Crippen LogP contribution in [0.3, 0.4) is 0 Å². The van der Waals surface area contributed by atoms with Gasteiger partial charge in [-0.25, -0.2) is 4.98 Å². The van der Waals surface area contributed by atoms with E-state index in [1.807, 2.05) is 6.07 Å². The van der Waals surface area contributed by atoms with Gasteiger partial charge in [-0.1, -0.05) is 12.1 Å². The molecule has 0 fully saturated rings. The van der Waals surface area contributed by atoms with E-state index in [1.165, 1.54) is 20.3 Å². The maximum absolute atomic E-state index is 12.6. The molecule has 0 aliphatic carbocycles. The second-order valence-corrected chi connectivity index (χ2v) is 5.97. The molecule has 0 spiro atoms. The zero-order valence-electron chi connectivity index (χ0n) is 16.0. The first-order chi connectivity index (χ1) is 14.1. The van der Waals surface area contributed by atoms with E-state index in [0.29, 0.717) is 23.7 Å². The van der Waals surface area contributed by atoms with Gasteiger partial charge in [0, 0.05) is 25.0 Å². The molecule has 0 aliphatic rings. The number of pyridine rings is 2. The largest absolute Gasteiger partial charge is 0.497 e. The van der Waals surface area contributed by atoms with Gasteiger partial charge in [-0.3, -0.25) is 14.6 Å². The van der Waals surface area contributed by atoms with Gasteiger partial charge < -0.3 is 20.1 Å². The van der Waals surface area contributed by atoms with Gasteiger partial charge in [0.15, 0.2) is 0 Å². The molecule has 0 saturated carbocycles. The molecule has 8 heteroatoms. The molecule has 0 atom stereocenters. The monoisotopic (exact) mass is 392 g/mol. The van der Waals surface area contributed by atoms with Crippen molar-refractivity contribution < 1.29 is 19.1 Å². The summed E-state index contributed by atoms with van der Waals surface area (Å²) in [6, 6.07) is 13.4. The van der Waals surface area contributed by atoms with Crippen LogP contribution >= 0.6 is 0 Å². The van der Waals surface area contributed by atoms with Crippen molar-refractivity contribution in [3.05, 3.63) is 77.9 Å². The molecular formula is C21H20N4O4. The third-order valence-corrected chi connectivity index (χ3v) is 4.05. The fourth-order valence-corrected chi connectivity index (χ4v) is 2.56. The molecule has 3 rings (SSSR count). The second kappa shape index (κ2) is 9.32. The Morgan fingerprint density at radius 2 is 1.76 bits per heavy atom. The van der Waals surface area contributed by atoms with Crippen LogP contribution in [0.2, 0.25) is 0 Å². The van der Waals surface area contributed by atoms with Crippen LogP contribution in [0, 0.1) is 0 Å². The van der Waals surface area contributed by atoms with Crippen molar-refractivity contribution in [3.8, 4) is 11.5 Å². The lowest BCUT2D eigenvalue weighted by Crippen LogP contribution is -2.25. The predicted molar refractivity (Wildman–Crippen MR) is 107 cm³/mol. The normalized spacial score (nSPS) is 10.1. The fraction of sp³-hybridized carbons (Fsp3) is 0.143. The van der Waals surface area contributed by atoms with E-state index in [1.54, 1.807) is 48.8 Å². The predicted octanol–water partition coefficient (Wildman–Crippen LogP) is 2.68. The van der Waals surface area contributed by atoms with Crippen molar-refractivity contribution in [3.63, 3.8) is 0 Å². The second-order valence-electron chi connectivity index (χ2n) is 5.97. The van der Waals surface area contributed by atoms with Crippen molar-refractivity contribution in [2.45, 2.75) is 6.54 Å². The summed E-state index contributed by atoms with van der Waals surface area (Å²) in [5.41, 5.74) is 1.54. The molecule has 0 saturated heterocycles. The molecule has 1 aromatic carbocycles. The highest BCUT2D eigenvalue weighted by molar-refractivity contribution is 6.04. The van der Waals surface area contributed by atoms with E-state index in [0.717, 1.165) is 5.56 Å². The van der Waals surface area contributed by atoms with Crippen molar-refractivity contribution in [1.82, 2.24) is 15.3 Å². The molecule has 0 bridgehead atoms. The number of hydrogen-bond donors (Lipinski definition) is 2. The molecule has 0 aliphatic heterocycles. The summed E-state index contributed by atoms with van der Waals surface area (Å²) in [4.78, 5) is 33.2. The van der Waals surface area contributed by atoms with Gasteiger partial charge in [-0.2, -0.15) is 0 Å². The van der Waals surface area contributed by atoms with Crippen molar-refractivity contribution in [2.24, 2.45) is 0 Å². The Balaban J connectivity index is 1.72. The number of ether oxygens (including phenoxy) is 2. The van der Waals surface area contributed by atoms with E-state index in [9.17, 15) is 9.59 Å². The number of hydrogen-bond acceptors (Lipinski definition) is 6. The Bertz CT molecular complexity index is 1010. The van der Waals surface area contributed by atoms with Gasteiger partial charge >= 0.3 is 0 Å². The Hall–Kier alpha value is -3.94. The van der Waals surface area contributed by atoms with Crippen LogP contribution in [0.1, 0.15) is 26.5 Å². The number of anilines is 1. The van der Waals surface area contributed by atoms with Crippen molar-refractivity contribution in [1.29, 1.82) is 0 Å². The summed E-state index contributed by atoms with van der Waals surface area (Å²) in [5.74, 6) is 0.183. The number of methoxy groups -OCH3 is 2. The summed E-state index contributed by atoms with van der Waals surface area (Å²) in [5, 5.41) is 5.48. The Kier molecular flexibility index (Phi) is 6.36. The molecular weight excluding hydrogens is 372 g/mol. The van der Waals surface area contributed by atoms with Crippen LogP contribution in [0.15, 0.2) is 60.9 Å². The van der Waals surface area contributed by atoms with Crippen molar-refractivity contribution in [2.75, 3.05) is 19.5 Å². The van der Waals surface area contributed by atoms with Gasteiger partial charge in [-0.05, 0) is 35.9 Å². The van der Waals surface area contributed by atoms with E-state index in [4.69, 9.17) is 9.47 Å². The molecule has 2 heterocycles. The SMILES string of the molecule is COc1ccc(OC)c(NC(=O)c2cccc(C(=O)NCc3cccnc3)n2)c1. The number of carbonyl (C=O) groups excluding carboxylic acids is 2. The minimum atomic E-state index is -0.474. The minimum absolute atomic E-state index is 0.101. The van der Waals surface area contributed by atoms with Crippen LogP contribution in [0.5, 0.6) is 11.5 Å². The number of rotatable bonds is 7. The van der Waals surface area contributed by atoms with Gasteiger partial charge in [0.05, 0.1) is 19.9 Å². The maximum Gasteiger partial charge on any atom is 0.274 e. The quantitative estimate of drug-likeness (QED) is 0.641. The summed E-state index contributed by atoms with van der Waals surface area (Å²) < 4.78 is 10.4. The topological polar surface area (TPSA) is 102 Å². The average molecular weight is 392 g/mol. The number of benzene rings is 1. The Labute approximate surface area is 167 Å². The highest BCUT2D eigenvalue weighted by Gasteiger charge is 2.15. The molecule has 148 valence electrons. The van der Waals surface area contributed by atoms with Crippen LogP contribution in [-0.2, 0) is 6.54 Å². The van der Waals surface area contributed by atoms with Gasteiger partial charge in [-0.15, -0.1) is 0 Å². The standard InChI is InChI=1S/C21H20N4O4/c1-28-15-8-9-19(29-2)18(11-15)25-21(27)17-7-3-6-16(24-17)20(26)23-13-14-5-4-10-22-12-14/h3-12H,13H2,1-2H3,(H,23,26)(H,25,27). The third-order valence-electron chi connectivity index (χ3n) is 4.05. The number of nitrogens with one attached hydrogen (secondary N) is 2. The van der Waals surface area contributed by atoms with E-state index < -0.39 is 5.91 Å². The first kappa shape index (κ1) is 19.8. The molecule has 2 N–H and O–H groups in total. The lowest BCUT2D eigenvalue weighted by atomic mass is 10.2. The highest BCUT2D eigenvalue weighted by atomic mass is 16.5. The van der Waals surface area contributed by atoms with Crippen LogP contribution in [0.4, 0.5) is 5.69 Å². The highest BCUT2D eigenvalue weighted by Crippen LogP contribution is 2.29. The average Bonchev–Trinajstić information content (AvgIpc) is 2.78. The van der Waals surface area contributed by atoms with Gasteiger partial charge in [0.25, 0.3) is 11.8 Å². The number of nitrogens with zero attached hydrogens (tertiary/aromatic N) is 2. The van der Waals surface area contributed by atoms with Crippen LogP contribution in [0.25, 0.3) is 0 Å². The molecule has 8 nitrogen and oxygen atoms in total. The van der Waals surface area contributed by atoms with E-state index in [-0.39, 0.29) is 17.3 Å². The maximum atomic E-state index is 12.6. The molecule has 29 heavy (non-hydrogen) atoms. The number of amides is 2. The van der Waals surface area contributed by atoms with Crippen molar-refractivity contribution >= 4 is 17.5 Å². The summed E-state index contributed by atoms with van der Waals surface area (Å²) in [6.07, 6.45) is 3.32. The zero-order valence-corrected chi connectivity index (χ0v) is 16.0. The summed E-state index contributed by atoms with van der Waals surface area (Å²) in [6.45, 7) is 0.311. The Morgan fingerprint density at radius 3 is 2.45 bits per heavy atom. The fourth-order valence-electron chi connectivity index (χ4n) is 2.56. The molecule has 3 aromatic rings. The molecule has 2 amide bonds. The first-order valence-corrected chi connectivity index (χ1v) is 8.78. The zero-order chi connectivity index (χ0) is 20.6.